The van der Waals surface area contributed by atoms with Crippen LogP contribution in [0.2, 0.25) is 0 Å². The second-order valence-corrected chi connectivity index (χ2v) is 7.47. The van der Waals surface area contributed by atoms with Crippen LogP contribution < -0.4 is 10.6 Å². The standard InChI is InChI=1S/C18H35N3/c1-2-6-14-21(13-5-1)15-12-20-18-10-7-8-16(18)17-9-3-4-11-19-17/h16-20H,1-15H2. The highest BCUT2D eigenvalue weighted by Gasteiger charge is 2.33. The highest BCUT2D eigenvalue weighted by atomic mass is 15.1. The molecule has 3 atom stereocenters. The van der Waals surface area contributed by atoms with E-state index in [9.17, 15) is 0 Å². The van der Waals surface area contributed by atoms with Crippen molar-refractivity contribution in [2.24, 2.45) is 5.92 Å². The molecule has 0 radical (unpaired) electrons. The molecule has 122 valence electrons. The summed E-state index contributed by atoms with van der Waals surface area (Å²) in [5, 5.41) is 7.70. The Morgan fingerprint density at radius 3 is 2.48 bits per heavy atom. The highest BCUT2D eigenvalue weighted by molar-refractivity contribution is 4.92. The number of hydrogen-bond donors (Lipinski definition) is 2. The van der Waals surface area contributed by atoms with Gasteiger partial charge in [0.15, 0.2) is 0 Å². The monoisotopic (exact) mass is 293 g/mol. The smallest absolute Gasteiger partial charge is 0.0111 e. The Morgan fingerprint density at radius 1 is 0.857 bits per heavy atom. The van der Waals surface area contributed by atoms with Gasteiger partial charge in [0.1, 0.15) is 0 Å². The van der Waals surface area contributed by atoms with Gasteiger partial charge in [-0.25, -0.2) is 0 Å². The van der Waals surface area contributed by atoms with E-state index in [1.165, 1.54) is 96.9 Å². The molecule has 2 N–H and O–H groups in total. The molecular weight excluding hydrogens is 258 g/mol. The molecule has 3 aliphatic rings. The lowest BCUT2D eigenvalue weighted by Crippen LogP contribution is -2.48. The largest absolute Gasteiger partial charge is 0.314 e. The van der Waals surface area contributed by atoms with Crippen molar-refractivity contribution in [3.8, 4) is 0 Å². The maximum absolute atomic E-state index is 3.92. The van der Waals surface area contributed by atoms with Crippen molar-refractivity contribution in [3.63, 3.8) is 0 Å². The minimum atomic E-state index is 0.785. The molecule has 3 fully saturated rings. The van der Waals surface area contributed by atoms with E-state index in [0.29, 0.717) is 0 Å². The third kappa shape index (κ3) is 4.67. The van der Waals surface area contributed by atoms with Crippen molar-refractivity contribution in [1.82, 2.24) is 15.5 Å². The van der Waals surface area contributed by atoms with Crippen molar-refractivity contribution in [2.75, 3.05) is 32.7 Å². The van der Waals surface area contributed by atoms with E-state index < -0.39 is 0 Å². The predicted molar refractivity (Wildman–Crippen MR) is 89.7 cm³/mol. The molecule has 0 bridgehead atoms. The summed E-state index contributed by atoms with van der Waals surface area (Å²) in [6, 6.07) is 1.59. The summed E-state index contributed by atoms with van der Waals surface area (Å²) in [5.41, 5.74) is 0. The molecule has 0 amide bonds. The summed E-state index contributed by atoms with van der Waals surface area (Å²) in [4.78, 5) is 2.68. The topological polar surface area (TPSA) is 27.3 Å². The first kappa shape index (κ1) is 15.8. The minimum Gasteiger partial charge on any atom is -0.314 e. The van der Waals surface area contributed by atoms with Crippen molar-refractivity contribution in [3.05, 3.63) is 0 Å². The zero-order valence-electron chi connectivity index (χ0n) is 13.8. The molecule has 2 saturated heterocycles. The summed E-state index contributed by atoms with van der Waals surface area (Å²) in [5.74, 6) is 0.898. The minimum absolute atomic E-state index is 0.785. The van der Waals surface area contributed by atoms with Gasteiger partial charge in [-0.3, -0.25) is 0 Å². The van der Waals surface area contributed by atoms with Gasteiger partial charge in [0, 0.05) is 25.2 Å². The van der Waals surface area contributed by atoms with E-state index in [2.05, 4.69) is 15.5 Å². The summed E-state index contributed by atoms with van der Waals surface area (Å²) in [7, 11) is 0. The van der Waals surface area contributed by atoms with E-state index >= 15 is 0 Å². The lowest BCUT2D eigenvalue weighted by atomic mass is 9.88. The fraction of sp³-hybridized carbons (Fsp3) is 1.00. The van der Waals surface area contributed by atoms with Crippen LogP contribution in [0.5, 0.6) is 0 Å². The average molecular weight is 293 g/mol. The van der Waals surface area contributed by atoms with Gasteiger partial charge in [0.2, 0.25) is 0 Å². The van der Waals surface area contributed by atoms with E-state index in [0.717, 1.165) is 18.0 Å². The van der Waals surface area contributed by atoms with E-state index in [-0.39, 0.29) is 0 Å². The molecule has 3 heteroatoms. The summed E-state index contributed by atoms with van der Waals surface area (Å²) in [6.07, 6.45) is 14.2. The van der Waals surface area contributed by atoms with Gasteiger partial charge in [0.05, 0.1) is 0 Å². The normalized spacial score (nSPS) is 35.7. The molecule has 2 heterocycles. The van der Waals surface area contributed by atoms with Crippen LogP contribution in [0, 0.1) is 5.92 Å². The first-order chi connectivity index (χ1) is 10.4. The van der Waals surface area contributed by atoms with E-state index in [4.69, 9.17) is 0 Å². The Labute approximate surface area is 131 Å². The summed E-state index contributed by atoms with van der Waals surface area (Å²) >= 11 is 0. The SMILES string of the molecule is C1CCCN(CCNC2CCCC2C2CCCCN2)CC1. The van der Waals surface area contributed by atoms with Gasteiger partial charge >= 0.3 is 0 Å². The molecule has 0 aromatic heterocycles. The van der Waals surface area contributed by atoms with Gasteiger partial charge in [-0.2, -0.15) is 0 Å². The lowest BCUT2D eigenvalue weighted by molar-refractivity contribution is 0.240. The number of nitrogens with zero attached hydrogens (tertiary/aromatic N) is 1. The van der Waals surface area contributed by atoms with Crippen molar-refractivity contribution >= 4 is 0 Å². The lowest BCUT2D eigenvalue weighted by Gasteiger charge is -2.33. The maximum Gasteiger partial charge on any atom is 0.0111 e. The van der Waals surface area contributed by atoms with Crippen LogP contribution in [0.15, 0.2) is 0 Å². The Bertz CT molecular complexity index is 280. The van der Waals surface area contributed by atoms with Crippen LogP contribution in [0.25, 0.3) is 0 Å². The molecule has 3 rings (SSSR count). The molecule has 0 spiro atoms. The predicted octanol–water partition coefficient (Wildman–Crippen LogP) is 2.76. The van der Waals surface area contributed by atoms with Crippen LogP contribution in [0.4, 0.5) is 0 Å². The Morgan fingerprint density at radius 2 is 1.71 bits per heavy atom. The van der Waals surface area contributed by atoms with Gasteiger partial charge in [-0.1, -0.05) is 25.7 Å². The van der Waals surface area contributed by atoms with E-state index in [1.807, 2.05) is 0 Å². The zero-order chi connectivity index (χ0) is 14.3. The fourth-order valence-corrected chi connectivity index (χ4v) is 4.74. The molecule has 0 aromatic carbocycles. The summed E-state index contributed by atoms with van der Waals surface area (Å²) in [6.45, 7) is 6.39. The molecular formula is C18H35N3. The highest BCUT2D eigenvalue weighted by Crippen LogP contribution is 2.31. The summed E-state index contributed by atoms with van der Waals surface area (Å²) < 4.78 is 0. The second-order valence-electron chi connectivity index (χ2n) is 7.47. The molecule has 2 aliphatic heterocycles. The van der Waals surface area contributed by atoms with Crippen LogP contribution in [0.1, 0.15) is 64.2 Å². The second kappa shape index (κ2) is 8.50. The molecule has 1 aliphatic carbocycles. The van der Waals surface area contributed by atoms with Crippen LogP contribution >= 0.6 is 0 Å². The Kier molecular flexibility index (Phi) is 6.38. The van der Waals surface area contributed by atoms with Gasteiger partial charge in [-0.05, 0) is 64.1 Å². The molecule has 3 nitrogen and oxygen atoms in total. The van der Waals surface area contributed by atoms with Crippen molar-refractivity contribution < 1.29 is 0 Å². The van der Waals surface area contributed by atoms with Crippen LogP contribution in [-0.2, 0) is 0 Å². The van der Waals surface area contributed by atoms with Crippen LogP contribution in [-0.4, -0.2) is 49.7 Å². The van der Waals surface area contributed by atoms with Crippen LogP contribution in [0.3, 0.4) is 0 Å². The van der Waals surface area contributed by atoms with Crippen molar-refractivity contribution in [1.29, 1.82) is 0 Å². The third-order valence-electron chi connectivity index (χ3n) is 5.97. The molecule has 21 heavy (non-hydrogen) atoms. The first-order valence-electron chi connectivity index (χ1n) is 9.62. The molecule has 3 unspecified atom stereocenters. The van der Waals surface area contributed by atoms with Gasteiger partial charge in [-0.15, -0.1) is 0 Å². The Balaban J connectivity index is 1.39. The quantitative estimate of drug-likeness (QED) is 0.816. The number of hydrogen-bond acceptors (Lipinski definition) is 3. The Hall–Kier alpha value is -0.120. The maximum atomic E-state index is 3.92. The number of likely N-dealkylation sites (tertiary alicyclic amines) is 1. The van der Waals surface area contributed by atoms with Gasteiger partial charge < -0.3 is 15.5 Å². The third-order valence-corrected chi connectivity index (χ3v) is 5.97. The average Bonchev–Trinajstić information content (AvgIpc) is 2.84. The van der Waals surface area contributed by atoms with E-state index in [1.54, 1.807) is 0 Å². The fourth-order valence-electron chi connectivity index (χ4n) is 4.74. The van der Waals surface area contributed by atoms with Gasteiger partial charge in [0.25, 0.3) is 0 Å². The number of rotatable bonds is 5. The number of piperidine rings is 1. The van der Waals surface area contributed by atoms with Crippen molar-refractivity contribution in [2.45, 2.75) is 76.3 Å². The zero-order valence-corrected chi connectivity index (χ0v) is 13.8. The number of nitrogens with one attached hydrogen (secondary N) is 2. The first-order valence-corrected chi connectivity index (χ1v) is 9.62. The molecule has 1 saturated carbocycles. The molecule has 0 aromatic rings.